The van der Waals surface area contributed by atoms with Gasteiger partial charge in [-0.15, -0.1) is 0 Å². The van der Waals surface area contributed by atoms with Gasteiger partial charge in [-0.2, -0.15) is 5.10 Å². The standard InChI is InChI=1S/C17H17N3O4/c21-15-6-4-12(19-20-15)16(22)18-17(7-1-2-8-17)11-3-5-13-14(9-11)24-10-23-13/h3-6,9H,1-2,7-8,10H2,(H,18,22)(H,20,21). The van der Waals surface area contributed by atoms with E-state index >= 15 is 0 Å². The van der Waals surface area contributed by atoms with Crippen LogP contribution in [0.1, 0.15) is 41.7 Å². The number of hydrogen-bond donors (Lipinski definition) is 2. The molecule has 1 aliphatic carbocycles. The molecule has 7 nitrogen and oxygen atoms in total. The largest absolute Gasteiger partial charge is 0.454 e. The van der Waals surface area contributed by atoms with E-state index in [9.17, 15) is 9.59 Å². The topological polar surface area (TPSA) is 93.3 Å². The zero-order valence-corrected chi connectivity index (χ0v) is 13.0. The normalized spacial score (nSPS) is 17.7. The number of hydrogen-bond acceptors (Lipinski definition) is 5. The van der Waals surface area contributed by atoms with E-state index in [1.54, 1.807) is 0 Å². The van der Waals surface area contributed by atoms with Crippen LogP contribution in [0.3, 0.4) is 0 Å². The van der Waals surface area contributed by atoms with E-state index in [4.69, 9.17) is 9.47 Å². The van der Waals surface area contributed by atoms with Crippen LogP contribution in [0, 0.1) is 0 Å². The smallest absolute Gasteiger partial charge is 0.272 e. The van der Waals surface area contributed by atoms with Gasteiger partial charge < -0.3 is 14.8 Å². The van der Waals surface area contributed by atoms with Crippen molar-refractivity contribution < 1.29 is 14.3 Å². The van der Waals surface area contributed by atoms with E-state index in [2.05, 4.69) is 15.5 Å². The first-order valence-electron chi connectivity index (χ1n) is 7.95. The molecule has 0 radical (unpaired) electrons. The van der Waals surface area contributed by atoms with Crippen LogP contribution in [0.25, 0.3) is 0 Å². The molecule has 2 N–H and O–H groups in total. The van der Waals surface area contributed by atoms with Gasteiger partial charge in [0.25, 0.3) is 11.5 Å². The molecule has 2 aromatic rings. The Hall–Kier alpha value is -2.83. The Morgan fingerprint density at radius 3 is 2.67 bits per heavy atom. The van der Waals surface area contributed by atoms with Crippen molar-refractivity contribution in [2.45, 2.75) is 31.2 Å². The quantitative estimate of drug-likeness (QED) is 0.895. The second-order valence-corrected chi connectivity index (χ2v) is 6.12. The van der Waals surface area contributed by atoms with Crippen LogP contribution >= 0.6 is 0 Å². The molecule has 24 heavy (non-hydrogen) atoms. The summed E-state index contributed by atoms with van der Waals surface area (Å²) < 4.78 is 10.8. The number of rotatable bonds is 3. The van der Waals surface area contributed by atoms with Crippen LogP contribution in [0.2, 0.25) is 0 Å². The lowest BCUT2D eigenvalue weighted by Gasteiger charge is -2.31. The highest BCUT2D eigenvalue weighted by Crippen LogP contribution is 2.43. The third kappa shape index (κ3) is 2.51. The van der Waals surface area contributed by atoms with Crippen molar-refractivity contribution in [1.29, 1.82) is 0 Å². The maximum absolute atomic E-state index is 12.6. The summed E-state index contributed by atoms with van der Waals surface area (Å²) in [5.74, 6) is 1.13. The summed E-state index contributed by atoms with van der Waals surface area (Å²) in [5.41, 5.74) is 0.414. The molecule has 1 aromatic carbocycles. The highest BCUT2D eigenvalue weighted by Gasteiger charge is 2.38. The minimum atomic E-state index is -0.449. The highest BCUT2D eigenvalue weighted by molar-refractivity contribution is 5.92. The third-order valence-electron chi connectivity index (χ3n) is 4.65. The number of H-pyrrole nitrogens is 1. The molecule has 1 fully saturated rings. The summed E-state index contributed by atoms with van der Waals surface area (Å²) in [6.45, 7) is 0.222. The second-order valence-electron chi connectivity index (χ2n) is 6.12. The van der Waals surface area contributed by atoms with Crippen molar-refractivity contribution in [3.8, 4) is 11.5 Å². The number of aromatic amines is 1. The lowest BCUT2D eigenvalue weighted by atomic mass is 9.87. The van der Waals surface area contributed by atoms with Crippen molar-refractivity contribution in [2.75, 3.05) is 6.79 Å². The SMILES string of the molecule is O=C(NC1(c2ccc3c(c2)OCO3)CCCC1)c1ccc(=O)[nH]n1. The van der Waals surface area contributed by atoms with Crippen LogP contribution in [-0.2, 0) is 5.54 Å². The predicted octanol–water partition coefficient (Wildman–Crippen LogP) is 1.70. The highest BCUT2D eigenvalue weighted by atomic mass is 16.7. The van der Waals surface area contributed by atoms with Gasteiger partial charge >= 0.3 is 0 Å². The number of carbonyl (C=O) groups is 1. The summed E-state index contributed by atoms with van der Waals surface area (Å²) in [7, 11) is 0. The van der Waals surface area contributed by atoms with Gasteiger partial charge in [-0.05, 0) is 36.6 Å². The molecule has 2 aliphatic rings. The number of fused-ring (bicyclic) bond motifs is 1. The molecular formula is C17H17N3O4. The first-order valence-corrected chi connectivity index (χ1v) is 7.95. The molecule has 0 spiro atoms. The Bertz CT molecular complexity index is 819. The van der Waals surface area contributed by atoms with Crippen molar-refractivity contribution in [3.05, 3.63) is 51.9 Å². The fourth-order valence-electron chi connectivity index (χ4n) is 3.41. The van der Waals surface area contributed by atoms with Crippen molar-refractivity contribution in [1.82, 2.24) is 15.5 Å². The Labute approximate surface area is 138 Å². The van der Waals surface area contributed by atoms with Gasteiger partial charge in [0.1, 0.15) is 5.69 Å². The Morgan fingerprint density at radius 2 is 1.92 bits per heavy atom. The van der Waals surface area contributed by atoms with E-state index in [1.165, 1.54) is 12.1 Å². The average molecular weight is 327 g/mol. The molecule has 124 valence electrons. The molecular weight excluding hydrogens is 310 g/mol. The molecule has 1 aromatic heterocycles. The first-order chi connectivity index (χ1) is 11.7. The third-order valence-corrected chi connectivity index (χ3v) is 4.65. The summed E-state index contributed by atoms with van der Waals surface area (Å²) in [5, 5.41) is 9.21. The molecule has 0 saturated heterocycles. The van der Waals surface area contributed by atoms with Crippen LogP contribution in [0.4, 0.5) is 0 Å². The maximum Gasteiger partial charge on any atom is 0.272 e. The van der Waals surface area contributed by atoms with Gasteiger partial charge in [-0.3, -0.25) is 9.59 Å². The Morgan fingerprint density at radius 1 is 1.12 bits per heavy atom. The van der Waals surface area contributed by atoms with Crippen molar-refractivity contribution >= 4 is 5.91 Å². The lowest BCUT2D eigenvalue weighted by Crippen LogP contribution is -2.44. The van der Waals surface area contributed by atoms with Gasteiger partial charge in [-0.1, -0.05) is 18.9 Å². The minimum Gasteiger partial charge on any atom is -0.454 e. The number of nitrogens with zero attached hydrogens (tertiary/aromatic N) is 1. The van der Waals surface area contributed by atoms with E-state index in [1.807, 2.05) is 18.2 Å². The van der Waals surface area contributed by atoms with Crippen molar-refractivity contribution in [3.63, 3.8) is 0 Å². The number of nitrogens with one attached hydrogen (secondary N) is 2. The zero-order valence-electron chi connectivity index (χ0n) is 13.0. The molecule has 7 heteroatoms. The summed E-state index contributed by atoms with van der Waals surface area (Å²) >= 11 is 0. The summed E-state index contributed by atoms with van der Waals surface area (Å²) in [6, 6.07) is 8.51. The van der Waals surface area contributed by atoms with E-state index in [-0.39, 0.29) is 24.0 Å². The molecule has 1 aliphatic heterocycles. The van der Waals surface area contributed by atoms with Gasteiger partial charge in [0, 0.05) is 6.07 Å². The molecule has 4 rings (SSSR count). The zero-order chi connectivity index (χ0) is 16.6. The number of carbonyl (C=O) groups excluding carboxylic acids is 1. The van der Waals surface area contributed by atoms with E-state index in [0.717, 1.165) is 37.0 Å². The monoisotopic (exact) mass is 327 g/mol. The number of amides is 1. The molecule has 0 unspecified atom stereocenters. The predicted molar refractivity (Wildman–Crippen MR) is 85.0 cm³/mol. The number of aromatic nitrogens is 2. The van der Waals surface area contributed by atoms with E-state index < -0.39 is 5.54 Å². The average Bonchev–Trinajstić information content (AvgIpc) is 3.24. The Kier molecular flexibility index (Phi) is 3.48. The first kappa shape index (κ1) is 14.7. The van der Waals surface area contributed by atoms with Crippen LogP contribution < -0.4 is 20.3 Å². The van der Waals surface area contributed by atoms with Gasteiger partial charge in [0.05, 0.1) is 5.54 Å². The van der Waals surface area contributed by atoms with E-state index in [0.29, 0.717) is 5.75 Å². The maximum atomic E-state index is 12.6. The van der Waals surface area contributed by atoms with Crippen LogP contribution in [0.5, 0.6) is 11.5 Å². The molecule has 0 atom stereocenters. The van der Waals surface area contributed by atoms with Crippen LogP contribution in [0.15, 0.2) is 35.1 Å². The fraction of sp³-hybridized carbons (Fsp3) is 0.353. The lowest BCUT2D eigenvalue weighted by molar-refractivity contribution is 0.0891. The van der Waals surface area contributed by atoms with Crippen molar-refractivity contribution in [2.24, 2.45) is 0 Å². The Balaban J connectivity index is 1.65. The molecule has 1 saturated carbocycles. The molecule has 1 amide bonds. The fourth-order valence-corrected chi connectivity index (χ4v) is 3.41. The molecule has 0 bridgehead atoms. The second kappa shape index (κ2) is 5.67. The summed E-state index contributed by atoms with van der Waals surface area (Å²) in [4.78, 5) is 23.7. The molecule has 2 heterocycles. The van der Waals surface area contributed by atoms with Gasteiger partial charge in [0.15, 0.2) is 11.5 Å². The minimum absolute atomic E-state index is 0.196. The van der Waals surface area contributed by atoms with Crippen LogP contribution in [-0.4, -0.2) is 22.9 Å². The summed E-state index contributed by atoms with van der Waals surface area (Å²) in [6.07, 6.45) is 3.77. The number of benzene rings is 1. The van der Waals surface area contributed by atoms with Gasteiger partial charge in [-0.25, -0.2) is 5.10 Å². The van der Waals surface area contributed by atoms with Gasteiger partial charge in [0.2, 0.25) is 6.79 Å². The number of ether oxygens (including phenoxy) is 2.